The number of aromatic amines is 1. The fraction of sp³-hybridized carbons (Fsp3) is 0.250. The van der Waals surface area contributed by atoms with Crippen LogP contribution in [0, 0.1) is 0 Å². The van der Waals surface area contributed by atoms with Gasteiger partial charge in [-0.05, 0) is 0 Å². The van der Waals surface area contributed by atoms with E-state index in [0.717, 1.165) is 0 Å². The lowest BCUT2D eigenvalue weighted by Crippen LogP contribution is -1.87. The maximum absolute atomic E-state index is 5.33. The van der Waals surface area contributed by atoms with E-state index in [1.54, 1.807) is 6.20 Å². The Bertz CT molecular complexity index is 172. The Kier molecular flexibility index (Phi) is 1.07. The van der Waals surface area contributed by atoms with Crippen molar-refractivity contribution in [2.24, 2.45) is 0 Å². The summed E-state index contributed by atoms with van der Waals surface area (Å²) in [5.41, 5.74) is 5.87. The standard InChI is InChI=1S/C4H7N3O/c1-8-4-3(5)2-6-7-4/h2H,5H2,1H3,(H,6,7). The zero-order chi connectivity index (χ0) is 5.98. The number of anilines is 1. The van der Waals surface area contributed by atoms with Gasteiger partial charge in [0.25, 0.3) is 5.88 Å². The summed E-state index contributed by atoms with van der Waals surface area (Å²) in [5.74, 6) is 0.449. The molecular weight excluding hydrogens is 106 g/mol. The molecule has 0 atom stereocenters. The van der Waals surface area contributed by atoms with Crippen LogP contribution in [0.2, 0.25) is 0 Å². The van der Waals surface area contributed by atoms with Crippen molar-refractivity contribution in [3.63, 3.8) is 0 Å². The van der Waals surface area contributed by atoms with Crippen molar-refractivity contribution in [3.8, 4) is 5.88 Å². The Morgan fingerprint density at radius 3 is 2.88 bits per heavy atom. The van der Waals surface area contributed by atoms with Crippen LogP contribution in [0.1, 0.15) is 0 Å². The van der Waals surface area contributed by atoms with Gasteiger partial charge in [-0.15, -0.1) is 5.10 Å². The average Bonchev–Trinajstić information content (AvgIpc) is 2.14. The van der Waals surface area contributed by atoms with Gasteiger partial charge in [-0.3, -0.25) is 5.10 Å². The van der Waals surface area contributed by atoms with E-state index in [9.17, 15) is 0 Å². The second-order valence-electron chi connectivity index (χ2n) is 1.35. The monoisotopic (exact) mass is 113 g/mol. The van der Waals surface area contributed by atoms with Crippen molar-refractivity contribution in [2.75, 3.05) is 12.8 Å². The van der Waals surface area contributed by atoms with Crippen LogP contribution < -0.4 is 10.5 Å². The fourth-order valence-electron chi connectivity index (χ4n) is 0.450. The molecule has 3 N–H and O–H groups in total. The first-order valence-corrected chi connectivity index (χ1v) is 2.18. The van der Waals surface area contributed by atoms with E-state index in [2.05, 4.69) is 10.2 Å². The van der Waals surface area contributed by atoms with Gasteiger partial charge in [-0.1, -0.05) is 0 Å². The van der Waals surface area contributed by atoms with Crippen LogP contribution in [0.15, 0.2) is 6.20 Å². The molecule has 0 radical (unpaired) electrons. The summed E-state index contributed by atoms with van der Waals surface area (Å²) in [6.07, 6.45) is 1.57. The minimum absolute atomic E-state index is 0.449. The Morgan fingerprint density at radius 2 is 2.62 bits per heavy atom. The van der Waals surface area contributed by atoms with Crippen LogP contribution in [0.4, 0.5) is 5.69 Å². The molecular formula is C4H7N3O. The molecule has 1 rings (SSSR count). The van der Waals surface area contributed by atoms with Crippen molar-refractivity contribution in [1.29, 1.82) is 0 Å². The Labute approximate surface area is 46.6 Å². The quantitative estimate of drug-likeness (QED) is 0.538. The predicted octanol–water partition coefficient (Wildman–Crippen LogP) is 0.000500. The lowest BCUT2D eigenvalue weighted by Gasteiger charge is -1.90. The first-order chi connectivity index (χ1) is 3.84. The topological polar surface area (TPSA) is 63.9 Å². The summed E-state index contributed by atoms with van der Waals surface area (Å²) in [4.78, 5) is 0. The molecule has 0 spiro atoms. The highest BCUT2D eigenvalue weighted by Gasteiger charge is 1.96. The third-order valence-corrected chi connectivity index (χ3v) is 0.826. The summed E-state index contributed by atoms with van der Waals surface area (Å²) in [7, 11) is 1.52. The second-order valence-corrected chi connectivity index (χ2v) is 1.35. The highest BCUT2D eigenvalue weighted by Crippen LogP contribution is 2.13. The predicted molar refractivity (Wildman–Crippen MR) is 29.6 cm³/mol. The minimum atomic E-state index is 0.449. The molecule has 0 aliphatic carbocycles. The van der Waals surface area contributed by atoms with E-state index in [-0.39, 0.29) is 0 Å². The highest BCUT2D eigenvalue weighted by atomic mass is 16.5. The molecule has 0 aliphatic heterocycles. The van der Waals surface area contributed by atoms with Crippen LogP contribution in [-0.2, 0) is 0 Å². The van der Waals surface area contributed by atoms with Crippen LogP contribution >= 0.6 is 0 Å². The lowest BCUT2D eigenvalue weighted by molar-refractivity contribution is 0.399. The van der Waals surface area contributed by atoms with Gasteiger partial charge in [0.1, 0.15) is 5.69 Å². The van der Waals surface area contributed by atoms with Crippen LogP contribution in [0.3, 0.4) is 0 Å². The average molecular weight is 113 g/mol. The molecule has 4 heteroatoms. The summed E-state index contributed by atoms with van der Waals surface area (Å²) in [6, 6.07) is 0. The van der Waals surface area contributed by atoms with Gasteiger partial charge in [0.15, 0.2) is 0 Å². The number of methoxy groups -OCH3 is 1. The molecule has 0 saturated carbocycles. The van der Waals surface area contributed by atoms with Crippen molar-refractivity contribution < 1.29 is 4.74 Å². The minimum Gasteiger partial charge on any atom is -0.478 e. The van der Waals surface area contributed by atoms with Gasteiger partial charge in [0.05, 0.1) is 7.11 Å². The number of nitrogens with one attached hydrogen (secondary N) is 1. The summed E-state index contributed by atoms with van der Waals surface area (Å²) in [6.45, 7) is 0. The third-order valence-electron chi connectivity index (χ3n) is 0.826. The Hall–Kier alpha value is -1.19. The first-order valence-electron chi connectivity index (χ1n) is 2.18. The van der Waals surface area contributed by atoms with Crippen LogP contribution in [0.25, 0.3) is 0 Å². The molecule has 1 heterocycles. The SMILES string of the molecule is COc1n[nH]cc1N. The number of hydrogen-bond acceptors (Lipinski definition) is 3. The number of ether oxygens (including phenoxy) is 1. The Morgan fingerprint density at radius 1 is 1.88 bits per heavy atom. The highest BCUT2D eigenvalue weighted by molar-refractivity contribution is 5.44. The molecule has 1 aromatic rings. The van der Waals surface area contributed by atoms with Crippen LogP contribution in [-0.4, -0.2) is 17.3 Å². The number of H-pyrrole nitrogens is 1. The van der Waals surface area contributed by atoms with Gasteiger partial charge in [0, 0.05) is 6.20 Å². The van der Waals surface area contributed by atoms with Gasteiger partial charge >= 0.3 is 0 Å². The van der Waals surface area contributed by atoms with Crippen molar-refractivity contribution in [3.05, 3.63) is 6.20 Å². The van der Waals surface area contributed by atoms with Gasteiger partial charge in [-0.25, -0.2) is 0 Å². The number of aromatic nitrogens is 2. The van der Waals surface area contributed by atoms with Crippen molar-refractivity contribution >= 4 is 5.69 Å². The molecule has 0 amide bonds. The zero-order valence-corrected chi connectivity index (χ0v) is 4.51. The van der Waals surface area contributed by atoms with E-state index in [1.807, 2.05) is 0 Å². The molecule has 0 bridgehead atoms. The summed E-state index contributed by atoms with van der Waals surface area (Å²) in [5, 5.41) is 6.21. The normalized spacial score (nSPS) is 9.12. The third kappa shape index (κ3) is 0.598. The second kappa shape index (κ2) is 1.73. The van der Waals surface area contributed by atoms with Crippen molar-refractivity contribution in [1.82, 2.24) is 10.2 Å². The summed E-state index contributed by atoms with van der Waals surface area (Å²) >= 11 is 0. The van der Waals surface area contributed by atoms with E-state index >= 15 is 0 Å². The van der Waals surface area contributed by atoms with Gasteiger partial charge in [0.2, 0.25) is 0 Å². The van der Waals surface area contributed by atoms with E-state index in [0.29, 0.717) is 11.6 Å². The van der Waals surface area contributed by atoms with Crippen molar-refractivity contribution in [2.45, 2.75) is 0 Å². The molecule has 0 fully saturated rings. The molecule has 44 valence electrons. The Balaban J connectivity index is 2.92. The molecule has 1 aromatic heterocycles. The molecule has 0 saturated heterocycles. The number of nitrogens with zero attached hydrogens (tertiary/aromatic N) is 1. The largest absolute Gasteiger partial charge is 0.478 e. The molecule has 0 unspecified atom stereocenters. The van der Waals surface area contributed by atoms with Gasteiger partial charge < -0.3 is 10.5 Å². The lowest BCUT2D eigenvalue weighted by atomic mass is 10.6. The van der Waals surface area contributed by atoms with Gasteiger partial charge in [-0.2, -0.15) is 0 Å². The zero-order valence-electron chi connectivity index (χ0n) is 4.51. The summed E-state index contributed by atoms with van der Waals surface area (Å²) < 4.78 is 4.72. The number of hydrogen-bond donors (Lipinski definition) is 2. The molecule has 0 aromatic carbocycles. The molecule has 0 aliphatic rings. The smallest absolute Gasteiger partial charge is 0.255 e. The first kappa shape index (κ1) is 4.96. The fourth-order valence-corrected chi connectivity index (χ4v) is 0.450. The van der Waals surface area contributed by atoms with E-state index < -0.39 is 0 Å². The molecule has 8 heavy (non-hydrogen) atoms. The van der Waals surface area contributed by atoms with E-state index in [1.165, 1.54) is 7.11 Å². The number of nitrogens with two attached hydrogens (primary N) is 1. The maximum atomic E-state index is 5.33. The number of rotatable bonds is 1. The van der Waals surface area contributed by atoms with Crippen LogP contribution in [0.5, 0.6) is 5.88 Å². The molecule has 4 nitrogen and oxygen atoms in total. The van der Waals surface area contributed by atoms with E-state index in [4.69, 9.17) is 10.5 Å². The maximum Gasteiger partial charge on any atom is 0.255 e. The number of nitrogen functional groups attached to an aromatic ring is 1.